The van der Waals surface area contributed by atoms with Gasteiger partial charge in [-0.05, 0) is 12.2 Å². The highest BCUT2D eigenvalue weighted by molar-refractivity contribution is 5.93. The van der Waals surface area contributed by atoms with Gasteiger partial charge < -0.3 is 20.1 Å². The number of carbonyl (C=O) groups excluding carboxylic acids is 2. The van der Waals surface area contributed by atoms with Gasteiger partial charge in [-0.15, -0.1) is 0 Å². The van der Waals surface area contributed by atoms with Gasteiger partial charge in [0.05, 0.1) is 13.2 Å². The van der Waals surface area contributed by atoms with Crippen molar-refractivity contribution in [2.24, 2.45) is 0 Å². The van der Waals surface area contributed by atoms with Crippen molar-refractivity contribution in [3.8, 4) is 0 Å². The predicted octanol–water partition coefficient (Wildman–Crippen LogP) is -0.540. The summed E-state index contributed by atoms with van der Waals surface area (Å²) < 4.78 is 10.3. The Kier molecular flexibility index (Phi) is 7.98. The van der Waals surface area contributed by atoms with E-state index < -0.39 is 0 Å². The topological polar surface area (TPSA) is 76.7 Å². The van der Waals surface area contributed by atoms with Gasteiger partial charge in [0.15, 0.2) is 11.6 Å². The maximum Gasteiger partial charge on any atom is 0.185 e. The van der Waals surface area contributed by atoms with Gasteiger partial charge in [0.1, 0.15) is 12.2 Å². The van der Waals surface area contributed by atoms with Crippen LogP contribution < -0.4 is 10.6 Å². The van der Waals surface area contributed by atoms with Gasteiger partial charge in [0.2, 0.25) is 0 Å². The zero-order valence-corrected chi connectivity index (χ0v) is 11.6. The zero-order chi connectivity index (χ0) is 14.8. The van der Waals surface area contributed by atoms with E-state index in [1.165, 1.54) is 12.2 Å². The van der Waals surface area contributed by atoms with Crippen molar-refractivity contribution in [1.29, 1.82) is 0 Å². The van der Waals surface area contributed by atoms with Crippen LogP contribution in [0.2, 0.25) is 0 Å². The van der Waals surface area contributed by atoms with E-state index >= 15 is 0 Å². The molecule has 6 nitrogen and oxygen atoms in total. The molecule has 0 saturated carbocycles. The van der Waals surface area contributed by atoms with Crippen LogP contribution in [-0.4, -0.2) is 63.2 Å². The van der Waals surface area contributed by atoms with Gasteiger partial charge in [-0.1, -0.05) is 13.2 Å². The summed E-state index contributed by atoms with van der Waals surface area (Å²) in [6.07, 6.45) is 2.01. The van der Waals surface area contributed by atoms with E-state index in [-0.39, 0.29) is 23.8 Å². The summed E-state index contributed by atoms with van der Waals surface area (Å²) in [7, 11) is 0. The van der Waals surface area contributed by atoms with Crippen molar-refractivity contribution in [3.63, 3.8) is 0 Å². The fraction of sp³-hybridized carbons (Fsp3) is 0.571. The third-order valence-electron chi connectivity index (χ3n) is 2.89. The second-order valence-electron chi connectivity index (χ2n) is 4.34. The third kappa shape index (κ3) is 5.75. The summed E-state index contributed by atoms with van der Waals surface area (Å²) in [4.78, 5) is 21.8. The lowest BCUT2D eigenvalue weighted by Gasteiger charge is -2.20. The van der Waals surface area contributed by atoms with E-state index in [4.69, 9.17) is 9.47 Å². The van der Waals surface area contributed by atoms with Crippen LogP contribution in [0.1, 0.15) is 0 Å². The molecular formula is C14H22N2O4. The SMILES string of the molecule is C=CC(=O)C1CNCCO1.C=CC(=O)C1CNCCO1. The van der Waals surface area contributed by atoms with Crippen LogP contribution in [0.4, 0.5) is 0 Å². The molecule has 2 saturated heterocycles. The van der Waals surface area contributed by atoms with E-state index in [0.29, 0.717) is 26.3 Å². The molecule has 0 amide bonds. The number of nitrogens with one attached hydrogen (secondary N) is 2. The number of hydrogen-bond acceptors (Lipinski definition) is 6. The van der Waals surface area contributed by atoms with Gasteiger partial charge in [0.25, 0.3) is 0 Å². The van der Waals surface area contributed by atoms with E-state index in [2.05, 4.69) is 23.8 Å². The molecule has 0 spiro atoms. The highest BCUT2D eigenvalue weighted by Gasteiger charge is 2.18. The van der Waals surface area contributed by atoms with Crippen molar-refractivity contribution >= 4 is 11.6 Å². The number of hydrogen-bond donors (Lipinski definition) is 2. The number of carbonyl (C=O) groups is 2. The Morgan fingerprint density at radius 1 is 0.900 bits per heavy atom. The van der Waals surface area contributed by atoms with E-state index in [1.807, 2.05) is 0 Å². The molecule has 0 aliphatic carbocycles. The Morgan fingerprint density at radius 2 is 1.30 bits per heavy atom. The summed E-state index contributed by atoms with van der Waals surface area (Å²) in [5.74, 6) is -0.0700. The average Bonchev–Trinajstić information content (AvgIpc) is 2.55. The van der Waals surface area contributed by atoms with Crippen LogP contribution in [0.25, 0.3) is 0 Å². The summed E-state index contributed by atoms with van der Waals surface area (Å²) in [6.45, 7) is 10.9. The van der Waals surface area contributed by atoms with Gasteiger partial charge >= 0.3 is 0 Å². The van der Waals surface area contributed by atoms with Gasteiger partial charge in [-0.3, -0.25) is 9.59 Å². The Morgan fingerprint density at radius 3 is 1.55 bits per heavy atom. The summed E-state index contributed by atoms with van der Waals surface area (Å²) >= 11 is 0. The van der Waals surface area contributed by atoms with Crippen LogP contribution in [-0.2, 0) is 19.1 Å². The Hall–Kier alpha value is -1.34. The fourth-order valence-electron chi connectivity index (χ4n) is 1.76. The molecule has 20 heavy (non-hydrogen) atoms. The lowest BCUT2D eigenvalue weighted by molar-refractivity contribution is -0.127. The molecule has 2 rings (SSSR count). The maximum atomic E-state index is 10.9. The van der Waals surface area contributed by atoms with Crippen molar-refractivity contribution in [1.82, 2.24) is 10.6 Å². The molecule has 6 heteroatoms. The predicted molar refractivity (Wildman–Crippen MR) is 75.6 cm³/mol. The maximum absolute atomic E-state index is 10.9. The van der Waals surface area contributed by atoms with Gasteiger partial charge in [0, 0.05) is 26.2 Å². The molecule has 2 heterocycles. The highest BCUT2D eigenvalue weighted by Crippen LogP contribution is 1.97. The largest absolute Gasteiger partial charge is 0.367 e. The highest BCUT2D eigenvalue weighted by atomic mass is 16.5. The lowest BCUT2D eigenvalue weighted by atomic mass is 10.2. The molecule has 2 fully saturated rings. The molecule has 0 aromatic carbocycles. The Bertz CT molecular complexity index is 311. The van der Waals surface area contributed by atoms with E-state index in [0.717, 1.165) is 13.1 Å². The quantitative estimate of drug-likeness (QED) is 0.675. The van der Waals surface area contributed by atoms with Gasteiger partial charge in [-0.2, -0.15) is 0 Å². The number of morpholine rings is 2. The van der Waals surface area contributed by atoms with Crippen LogP contribution in [0.3, 0.4) is 0 Å². The average molecular weight is 282 g/mol. The minimum absolute atomic E-state index is 0.0350. The van der Waals surface area contributed by atoms with Crippen LogP contribution in [0.5, 0.6) is 0 Å². The Balaban J connectivity index is 0.000000200. The Labute approximate surface area is 119 Å². The zero-order valence-electron chi connectivity index (χ0n) is 11.6. The molecule has 0 bridgehead atoms. The molecule has 112 valence electrons. The first-order chi connectivity index (χ1) is 9.69. The van der Waals surface area contributed by atoms with Crippen molar-refractivity contribution in [3.05, 3.63) is 25.3 Å². The summed E-state index contributed by atoms with van der Waals surface area (Å²) in [5, 5.41) is 6.11. The molecule has 2 aliphatic heterocycles. The minimum Gasteiger partial charge on any atom is -0.367 e. The molecule has 2 N–H and O–H groups in total. The van der Waals surface area contributed by atoms with Crippen molar-refractivity contribution in [2.45, 2.75) is 12.2 Å². The third-order valence-corrected chi connectivity index (χ3v) is 2.89. The van der Waals surface area contributed by atoms with E-state index in [1.54, 1.807) is 0 Å². The second-order valence-corrected chi connectivity index (χ2v) is 4.34. The first kappa shape index (κ1) is 16.7. The lowest BCUT2D eigenvalue weighted by Crippen LogP contribution is -2.42. The minimum atomic E-state index is -0.300. The van der Waals surface area contributed by atoms with Crippen molar-refractivity contribution in [2.75, 3.05) is 39.4 Å². The standard InChI is InChI=1S/2C7H11NO2/c2*1-2-6(9)7-5-8-3-4-10-7/h2*2,7-8H,1,3-5H2. The smallest absolute Gasteiger partial charge is 0.185 e. The molecule has 0 radical (unpaired) electrons. The molecule has 2 atom stereocenters. The molecule has 0 aromatic rings. The fourth-order valence-corrected chi connectivity index (χ4v) is 1.76. The first-order valence-corrected chi connectivity index (χ1v) is 6.66. The summed E-state index contributed by atoms with van der Waals surface area (Å²) in [5.41, 5.74) is 0. The number of rotatable bonds is 4. The number of ketones is 2. The molecule has 0 aromatic heterocycles. The van der Waals surface area contributed by atoms with E-state index in [9.17, 15) is 9.59 Å². The molecule has 2 aliphatic rings. The second kappa shape index (κ2) is 9.55. The van der Waals surface area contributed by atoms with Crippen molar-refractivity contribution < 1.29 is 19.1 Å². The van der Waals surface area contributed by atoms with Crippen LogP contribution in [0, 0.1) is 0 Å². The normalized spacial score (nSPS) is 25.8. The van der Waals surface area contributed by atoms with Crippen LogP contribution >= 0.6 is 0 Å². The molecular weight excluding hydrogens is 260 g/mol. The van der Waals surface area contributed by atoms with Gasteiger partial charge in [-0.25, -0.2) is 0 Å². The molecule has 2 unspecified atom stereocenters. The monoisotopic (exact) mass is 282 g/mol. The van der Waals surface area contributed by atoms with Crippen LogP contribution in [0.15, 0.2) is 25.3 Å². The number of ether oxygens (including phenoxy) is 2. The first-order valence-electron chi connectivity index (χ1n) is 6.66. The summed E-state index contributed by atoms with van der Waals surface area (Å²) in [6, 6.07) is 0.